The molecule has 18 heavy (non-hydrogen) atoms. The summed E-state index contributed by atoms with van der Waals surface area (Å²) in [6, 6.07) is 0. The van der Waals surface area contributed by atoms with E-state index in [0.29, 0.717) is 6.42 Å². The largest absolute Gasteiger partial charge is 0.309 e. The van der Waals surface area contributed by atoms with Crippen LogP contribution in [0.3, 0.4) is 0 Å². The van der Waals surface area contributed by atoms with Gasteiger partial charge in [0.2, 0.25) is 0 Å². The number of nitrogens with zero attached hydrogens (tertiary/aromatic N) is 1. The Bertz CT molecular complexity index is 264. The summed E-state index contributed by atoms with van der Waals surface area (Å²) in [5.74, 6) is 0.231. The Balaban J connectivity index is 0. The van der Waals surface area contributed by atoms with Gasteiger partial charge in [0.25, 0.3) is 0 Å². The second kappa shape index (κ2) is 12.6. The van der Waals surface area contributed by atoms with Gasteiger partial charge in [-0.05, 0) is 26.9 Å². The average molecular weight is 253 g/mol. The first-order valence-electron chi connectivity index (χ1n) is 7.09. The van der Waals surface area contributed by atoms with E-state index in [9.17, 15) is 4.79 Å². The number of carbonyl (C=O) groups is 1. The molecule has 0 fully saturated rings. The summed E-state index contributed by atoms with van der Waals surface area (Å²) in [5, 5.41) is 0. The van der Waals surface area contributed by atoms with Gasteiger partial charge in [-0.15, -0.1) is 0 Å². The molecule has 0 saturated heterocycles. The van der Waals surface area contributed by atoms with Crippen LogP contribution in [-0.4, -0.2) is 31.3 Å². The van der Waals surface area contributed by atoms with Crippen LogP contribution >= 0.6 is 0 Å². The van der Waals surface area contributed by atoms with Crippen LogP contribution < -0.4 is 0 Å². The van der Waals surface area contributed by atoms with Crippen LogP contribution in [0.5, 0.6) is 0 Å². The van der Waals surface area contributed by atoms with Crippen LogP contribution in [-0.2, 0) is 4.79 Å². The van der Waals surface area contributed by atoms with E-state index in [-0.39, 0.29) is 5.78 Å². The maximum absolute atomic E-state index is 12.0. The highest BCUT2D eigenvalue weighted by molar-refractivity contribution is 5.98. The lowest BCUT2D eigenvalue weighted by molar-refractivity contribution is -0.115. The number of Topliss-reactive ketones (excluding diaryl/α,β-unsaturated/α-hetero) is 1. The lowest BCUT2D eigenvalue weighted by atomic mass is 9.96. The zero-order chi connectivity index (χ0) is 14.6. The topological polar surface area (TPSA) is 20.3 Å². The number of hydrogen-bond acceptors (Lipinski definition) is 2. The molecule has 0 heterocycles. The smallest absolute Gasteiger partial charge is 0.164 e. The molecular formula is C16H31NO. The van der Waals surface area contributed by atoms with Crippen molar-refractivity contribution in [3.8, 4) is 0 Å². The second-order valence-corrected chi connectivity index (χ2v) is 4.30. The molecule has 0 rings (SSSR count). The Morgan fingerprint density at radius 2 is 1.72 bits per heavy atom. The maximum Gasteiger partial charge on any atom is 0.164 e. The number of carbonyl (C=O) groups excluding carboxylic acids is 1. The molecule has 0 aromatic rings. The van der Waals surface area contributed by atoms with Crippen LogP contribution in [0, 0.1) is 0 Å². The minimum atomic E-state index is 0.231. The van der Waals surface area contributed by atoms with Crippen molar-refractivity contribution in [2.45, 2.75) is 53.4 Å². The molecule has 2 nitrogen and oxygen atoms in total. The standard InChI is InChI=1S/C14H25NO.C2H6/c1-6-9-12(7-2)13(8-3)14(16)10-11-15(4)5;1-2/h8H,3,6-7,9-11H2,1-2,4-5H3;1-2H3/b13-12-;. The Kier molecular flexibility index (Phi) is 13.6. The molecular weight excluding hydrogens is 222 g/mol. The zero-order valence-corrected chi connectivity index (χ0v) is 13.2. The zero-order valence-electron chi connectivity index (χ0n) is 13.2. The van der Waals surface area contributed by atoms with Gasteiger partial charge in [-0.2, -0.15) is 0 Å². The van der Waals surface area contributed by atoms with E-state index in [1.54, 1.807) is 6.08 Å². The summed E-state index contributed by atoms with van der Waals surface area (Å²) in [6.45, 7) is 12.8. The Labute approximate surface area is 114 Å². The van der Waals surface area contributed by atoms with Crippen molar-refractivity contribution in [1.82, 2.24) is 4.90 Å². The second-order valence-electron chi connectivity index (χ2n) is 4.30. The predicted molar refractivity (Wildman–Crippen MR) is 81.9 cm³/mol. The van der Waals surface area contributed by atoms with Crippen molar-refractivity contribution in [1.29, 1.82) is 0 Å². The van der Waals surface area contributed by atoms with Crippen LogP contribution in [0.25, 0.3) is 0 Å². The molecule has 0 bridgehead atoms. The fourth-order valence-corrected chi connectivity index (χ4v) is 1.72. The molecule has 0 aromatic carbocycles. The molecule has 0 aromatic heterocycles. The molecule has 0 aliphatic rings. The number of rotatable bonds is 8. The van der Waals surface area contributed by atoms with Gasteiger partial charge in [0.15, 0.2) is 5.78 Å². The maximum atomic E-state index is 12.0. The third-order valence-electron chi connectivity index (χ3n) is 2.65. The van der Waals surface area contributed by atoms with Crippen LogP contribution in [0.2, 0.25) is 0 Å². The minimum Gasteiger partial charge on any atom is -0.309 e. The Morgan fingerprint density at radius 3 is 2.06 bits per heavy atom. The molecule has 0 atom stereocenters. The summed E-state index contributed by atoms with van der Waals surface area (Å²) in [5.41, 5.74) is 2.10. The van der Waals surface area contributed by atoms with Gasteiger partial charge in [-0.1, -0.05) is 52.3 Å². The third kappa shape index (κ3) is 8.24. The van der Waals surface area contributed by atoms with E-state index in [0.717, 1.165) is 31.4 Å². The van der Waals surface area contributed by atoms with E-state index in [1.807, 2.05) is 32.8 Å². The first-order valence-corrected chi connectivity index (χ1v) is 7.09. The quantitative estimate of drug-likeness (QED) is 0.476. The summed E-state index contributed by atoms with van der Waals surface area (Å²) in [4.78, 5) is 14.0. The van der Waals surface area contributed by atoms with Gasteiger partial charge in [0.05, 0.1) is 0 Å². The van der Waals surface area contributed by atoms with Crippen molar-refractivity contribution < 1.29 is 4.79 Å². The molecule has 0 aliphatic heterocycles. The van der Waals surface area contributed by atoms with E-state index in [1.165, 1.54) is 5.57 Å². The van der Waals surface area contributed by atoms with Crippen molar-refractivity contribution in [3.05, 3.63) is 23.8 Å². The van der Waals surface area contributed by atoms with E-state index < -0.39 is 0 Å². The summed E-state index contributed by atoms with van der Waals surface area (Å²) in [7, 11) is 3.97. The van der Waals surface area contributed by atoms with E-state index in [4.69, 9.17) is 0 Å². The summed E-state index contributed by atoms with van der Waals surface area (Å²) >= 11 is 0. The minimum absolute atomic E-state index is 0.231. The molecule has 0 saturated carbocycles. The van der Waals surface area contributed by atoms with Crippen LogP contribution in [0.15, 0.2) is 23.8 Å². The molecule has 0 spiro atoms. The molecule has 2 heteroatoms. The van der Waals surface area contributed by atoms with Gasteiger partial charge in [0, 0.05) is 18.5 Å². The Hall–Kier alpha value is -0.890. The highest BCUT2D eigenvalue weighted by Crippen LogP contribution is 2.17. The van der Waals surface area contributed by atoms with Gasteiger partial charge in [0.1, 0.15) is 0 Å². The molecule has 106 valence electrons. The fourth-order valence-electron chi connectivity index (χ4n) is 1.72. The van der Waals surface area contributed by atoms with Gasteiger partial charge in [-0.25, -0.2) is 0 Å². The highest BCUT2D eigenvalue weighted by Gasteiger charge is 2.11. The summed E-state index contributed by atoms with van der Waals surface area (Å²) in [6.07, 6.45) is 5.35. The van der Waals surface area contributed by atoms with Gasteiger partial charge in [-0.3, -0.25) is 4.79 Å². The average Bonchev–Trinajstić information content (AvgIpc) is 2.38. The molecule has 0 aliphatic carbocycles. The van der Waals surface area contributed by atoms with E-state index >= 15 is 0 Å². The normalized spacial score (nSPS) is 11.5. The number of ketones is 1. The molecule has 0 unspecified atom stereocenters. The number of allylic oxidation sites excluding steroid dienone is 3. The van der Waals surface area contributed by atoms with Crippen LogP contribution in [0.1, 0.15) is 53.4 Å². The monoisotopic (exact) mass is 253 g/mol. The summed E-state index contributed by atoms with van der Waals surface area (Å²) < 4.78 is 0. The van der Waals surface area contributed by atoms with E-state index in [2.05, 4.69) is 20.4 Å². The predicted octanol–water partition coefficient (Wildman–Crippen LogP) is 4.23. The molecule has 0 N–H and O–H groups in total. The SMILES string of the molecule is C=C/C(C(=O)CCN(C)C)=C(\CC)CCC.CC. The number of hydrogen-bond donors (Lipinski definition) is 0. The van der Waals surface area contributed by atoms with Crippen molar-refractivity contribution in [2.24, 2.45) is 0 Å². The lowest BCUT2D eigenvalue weighted by Crippen LogP contribution is -2.17. The van der Waals surface area contributed by atoms with Gasteiger partial charge < -0.3 is 4.90 Å². The third-order valence-corrected chi connectivity index (χ3v) is 2.65. The van der Waals surface area contributed by atoms with Crippen molar-refractivity contribution in [2.75, 3.05) is 20.6 Å². The lowest BCUT2D eigenvalue weighted by Gasteiger charge is -2.12. The highest BCUT2D eigenvalue weighted by atomic mass is 16.1. The van der Waals surface area contributed by atoms with Gasteiger partial charge >= 0.3 is 0 Å². The first-order chi connectivity index (χ1) is 8.56. The van der Waals surface area contributed by atoms with Crippen molar-refractivity contribution in [3.63, 3.8) is 0 Å². The molecule has 0 amide bonds. The van der Waals surface area contributed by atoms with Crippen LogP contribution in [0.4, 0.5) is 0 Å². The first kappa shape index (κ1) is 19.4. The molecule has 0 radical (unpaired) electrons. The Morgan fingerprint density at radius 1 is 1.17 bits per heavy atom. The van der Waals surface area contributed by atoms with Crippen molar-refractivity contribution >= 4 is 5.78 Å². The fraction of sp³-hybridized carbons (Fsp3) is 0.688.